The third-order valence-corrected chi connectivity index (χ3v) is 0.902. The van der Waals surface area contributed by atoms with Gasteiger partial charge < -0.3 is 9.47 Å². The molecule has 0 saturated heterocycles. The maximum Gasteiger partial charge on any atom is 0.352 e. The summed E-state index contributed by atoms with van der Waals surface area (Å²) in [5, 5.41) is 0. The molecule has 0 aromatic heterocycles. The molecule has 0 N–H and O–H groups in total. The van der Waals surface area contributed by atoms with E-state index in [9.17, 15) is 14.4 Å². The van der Waals surface area contributed by atoms with Crippen LogP contribution in [0.4, 0.5) is 0 Å². The Morgan fingerprint density at radius 3 is 2.45 bits per heavy atom. The molecular weight excluding hydrogens is 152 g/mol. The van der Waals surface area contributed by atoms with Gasteiger partial charge in [-0.15, -0.1) is 0 Å². The number of esters is 3. The molecule has 1 heterocycles. The first kappa shape index (κ1) is 7.46. The van der Waals surface area contributed by atoms with Crippen molar-refractivity contribution in [1.82, 2.24) is 0 Å². The van der Waals surface area contributed by atoms with Gasteiger partial charge in [0.05, 0.1) is 0 Å². The van der Waals surface area contributed by atoms with Gasteiger partial charge in [0.2, 0.25) is 0 Å². The van der Waals surface area contributed by atoms with Crippen molar-refractivity contribution >= 4 is 17.9 Å². The Balaban J connectivity index is 2.72. The van der Waals surface area contributed by atoms with E-state index in [2.05, 4.69) is 9.47 Å². The molecule has 0 aromatic carbocycles. The van der Waals surface area contributed by atoms with Gasteiger partial charge in [0, 0.05) is 12.2 Å². The van der Waals surface area contributed by atoms with Crippen LogP contribution in [0, 0.1) is 0 Å². The molecule has 0 bridgehead atoms. The van der Waals surface area contributed by atoms with Crippen LogP contribution in [0.1, 0.15) is 0 Å². The molecular formula is C6H4O5. The van der Waals surface area contributed by atoms with Crippen LogP contribution in [-0.2, 0) is 23.9 Å². The lowest BCUT2D eigenvalue weighted by molar-refractivity contribution is -0.164. The first-order chi connectivity index (χ1) is 5.18. The maximum absolute atomic E-state index is 10.5. The van der Waals surface area contributed by atoms with Gasteiger partial charge in [-0.2, -0.15) is 0 Å². The minimum absolute atomic E-state index is 0.519. The summed E-state index contributed by atoms with van der Waals surface area (Å²) < 4.78 is 8.39. The number of carbonyl (C=O) groups excluding carboxylic acids is 3. The van der Waals surface area contributed by atoms with Crippen LogP contribution in [0.2, 0.25) is 0 Å². The quantitative estimate of drug-likeness (QED) is 0.338. The van der Waals surface area contributed by atoms with Crippen molar-refractivity contribution in [3.63, 3.8) is 0 Å². The number of hydrogen-bond acceptors (Lipinski definition) is 5. The molecule has 1 rings (SSSR count). The number of cyclic esters (lactones) is 3. The van der Waals surface area contributed by atoms with Crippen LogP contribution in [0.15, 0.2) is 12.2 Å². The van der Waals surface area contributed by atoms with E-state index in [0.717, 1.165) is 12.2 Å². The lowest BCUT2D eigenvalue weighted by atomic mass is 10.5. The van der Waals surface area contributed by atoms with Crippen molar-refractivity contribution in [3.8, 4) is 0 Å². The molecule has 0 fully saturated rings. The van der Waals surface area contributed by atoms with Crippen molar-refractivity contribution in [2.45, 2.75) is 0 Å². The van der Waals surface area contributed by atoms with Crippen molar-refractivity contribution < 1.29 is 23.9 Å². The predicted octanol–water partition coefficient (Wildman–Crippen LogP) is -0.831. The Morgan fingerprint density at radius 2 is 1.73 bits per heavy atom. The van der Waals surface area contributed by atoms with Gasteiger partial charge in [-0.05, 0) is 0 Å². The molecule has 1 aliphatic heterocycles. The molecule has 0 spiro atoms. The number of carbonyl (C=O) groups is 3. The molecule has 5 heteroatoms. The van der Waals surface area contributed by atoms with Crippen molar-refractivity contribution in [3.05, 3.63) is 12.2 Å². The summed E-state index contributed by atoms with van der Waals surface area (Å²) in [7, 11) is 0. The highest BCUT2D eigenvalue weighted by Crippen LogP contribution is 1.92. The van der Waals surface area contributed by atoms with E-state index < -0.39 is 24.5 Å². The summed E-state index contributed by atoms with van der Waals surface area (Å²) in [5.41, 5.74) is 0. The Kier molecular flexibility index (Phi) is 2.00. The smallest absolute Gasteiger partial charge is 0.352 e. The normalized spacial score (nSPS) is 21.3. The fourth-order valence-corrected chi connectivity index (χ4v) is 0.490. The van der Waals surface area contributed by atoms with E-state index in [1.807, 2.05) is 0 Å². The second kappa shape index (κ2) is 2.96. The Labute approximate surface area is 61.6 Å². The van der Waals surface area contributed by atoms with Gasteiger partial charge in [0.1, 0.15) is 0 Å². The summed E-state index contributed by atoms with van der Waals surface area (Å²) in [6.45, 7) is -0.519. The van der Waals surface area contributed by atoms with E-state index in [0.29, 0.717) is 0 Å². The summed E-state index contributed by atoms with van der Waals surface area (Å²) in [6, 6.07) is 0. The molecule has 0 radical (unpaired) electrons. The zero-order valence-electron chi connectivity index (χ0n) is 5.40. The minimum atomic E-state index is -0.868. The number of hydrogen-bond donors (Lipinski definition) is 0. The fourth-order valence-electron chi connectivity index (χ4n) is 0.490. The average molecular weight is 156 g/mol. The molecule has 11 heavy (non-hydrogen) atoms. The Bertz CT molecular complexity index is 239. The van der Waals surface area contributed by atoms with Crippen LogP contribution in [0.5, 0.6) is 0 Å². The van der Waals surface area contributed by atoms with Crippen LogP contribution >= 0.6 is 0 Å². The number of ether oxygens (including phenoxy) is 2. The highest BCUT2D eigenvalue weighted by atomic mass is 16.6. The van der Waals surface area contributed by atoms with E-state index in [1.54, 1.807) is 0 Å². The van der Waals surface area contributed by atoms with Gasteiger partial charge >= 0.3 is 17.9 Å². The third kappa shape index (κ3) is 2.21. The molecule has 0 aromatic rings. The molecule has 5 nitrogen and oxygen atoms in total. The molecule has 0 saturated carbocycles. The maximum atomic E-state index is 10.5. The average Bonchev–Trinajstić information content (AvgIpc) is 1.95. The fraction of sp³-hybridized carbons (Fsp3) is 0.167. The summed E-state index contributed by atoms with van der Waals surface area (Å²) in [5.74, 6) is -2.45. The van der Waals surface area contributed by atoms with Crippen molar-refractivity contribution in [2.75, 3.05) is 6.61 Å². The first-order valence-electron chi connectivity index (χ1n) is 2.78. The molecule has 0 unspecified atom stereocenters. The SMILES string of the molecule is O=C1/C=C/C(=O)OC(=O)CO1. The van der Waals surface area contributed by atoms with E-state index in [-0.39, 0.29) is 0 Å². The predicted molar refractivity (Wildman–Crippen MR) is 31.2 cm³/mol. The topological polar surface area (TPSA) is 69.7 Å². The largest absolute Gasteiger partial charge is 0.450 e. The molecule has 58 valence electrons. The monoisotopic (exact) mass is 156 g/mol. The summed E-state index contributed by atoms with van der Waals surface area (Å²) in [6.07, 6.45) is 1.73. The zero-order chi connectivity index (χ0) is 8.27. The lowest BCUT2D eigenvalue weighted by Crippen LogP contribution is -2.20. The van der Waals surface area contributed by atoms with Gasteiger partial charge in [0.25, 0.3) is 0 Å². The zero-order valence-corrected chi connectivity index (χ0v) is 5.40. The van der Waals surface area contributed by atoms with E-state index in [4.69, 9.17) is 0 Å². The van der Waals surface area contributed by atoms with Gasteiger partial charge in [-0.3, -0.25) is 0 Å². The standard InChI is InChI=1S/C6H4O5/c7-4-1-2-5(8)11-6(9)3-10-4/h1-2H,3H2/b2-1+. The van der Waals surface area contributed by atoms with Crippen LogP contribution in [0.3, 0.4) is 0 Å². The highest BCUT2D eigenvalue weighted by Gasteiger charge is 2.13. The summed E-state index contributed by atoms with van der Waals surface area (Å²) >= 11 is 0. The first-order valence-corrected chi connectivity index (χ1v) is 2.78. The lowest BCUT2D eigenvalue weighted by Gasteiger charge is -2.03. The van der Waals surface area contributed by atoms with Crippen LogP contribution in [0.25, 0.3) is 0 Å². The molecule has 0 atom stereocenters. The highest BCUT2D eigenvalue weighted by molar-refractivity contribution is 5.99. The van der Waals surface area contributed by atoms with Gasteiger partial charge in [-0.25, -0.2) is 14.4 Å². The molecule has 1 aliphatic rings. The second-order valence-electron chi connectivity index (χ2n) is 1.73. The second-order valence-corrected chi connectivity index (χ2v) is 1.73. The third-order valence-electron chi connectivity index (χ3n) is 0.902. The van der Waals surface area contributed by atoms with E-state index >= 15 is 0 Å². The minimum Gasteiger partial charge on any atom is -0.450 e. The van der Waals surface area contributed by atoms with Gasteiger partial charge in [-0.1, -0.05) is 0 Å². The van der Waals surface area contributed by atoms with Crippen molar-refractivity contribution in [1.29, 1.82) is 0 Å². The molecule has 0 amide bonds. The van der Waals surface area contributed by atoms with Crippen LogP contribution < -0.4 is 0 Å². The van der Waals surface area contributed by atoms with E-state index in [1.165, 1.54) is 0 Å². The Hall–Kier alpha value is -1.65. The summed E-state index contributed by atoms with van der Waals surface area (Å²) in [4.78, 5) is 31.3. The molecule has 0 aliphatic carbocycles. The number of rotatable bonds is 0. The van der Waals surface area contributed by atoms with Crippen LogP contribution in [-0.4, -0.2) is 24.5 Å². The Morgan fingerprint density at radius 1 is 1.09 bits per heavy atom. The van der Waals surface area contributed by atoms with Gasteiger partial charge in [0.15, 0.2) is 6.61 Å². The van der Waals surface area contributed by atoms with Crippen molar-refractivity contribution in [2.24, 2.45) is 0 Å².